The van der Waals surface area contributed by atoms with E-state index in [9.17, 15) is 4.79 Å². The molecule has 2 atom stereocenters. The summed E-state index contributed by atoms with van der Waals surface area (Å²) in [7, 11) is 0. The van der Waals surface area contributed by atoms with Crippen LogP contribution in [0, 0.1) is 0 Å². The maximum absolute atomic E-state index is 12.2. The van der Waals surface area contributed by atoms with Gasteiger partial charge in [0.1, 0.15) is 5.60 Å². The van der Waals surface area contributed by atoms with Gasteiger partial charge in [-0.2, -0.15) is 0 Å². The number of allylic oxidation sites excluding steroid dienone is 1. The number of nitrogens with zero attached hydrogens (tertiary/aromatic N) is 1. The molecule has 2 aliphatic heterocycles. The second kappa shape index (κ2) is 4.35. The Morgan fingerprint density at radius 2 is 1.82 bits per heavy atom. The zero-order chi connectivity index (χ0) is 12.6. The third kappa shape index (κ3) is 2.64. The summed E-state index contributed by atoms with van der Waals surface area (Å²) in [4.78, 5) is 14.1. The quantitative estimate of drug-likeness (QED) is 0.603. The summed E-state index contributed by atoms with van der Waals surface area (Å²) in [6.07, 6.45) is 6.40. The highest BCUT2D eigenvalue weighted by Gasteiger charge is 2.42. The lowest BCUT2D eigenvalue weighted by molar-refractivity contribution is 0.0115. The average molecular weight is 237 g/mol. The molecule has 3 heteroatoms. The molecular weight excluding hydrogens is 214 g/mol. The first-order chi connectivity index (χ1) is 7.90. The number of carbonyl (C=O) groups excluding carboxylic acids is 1. The predicted octanol–water partition coefficient (Wildman–Crippen LogP) is 3.49. The monoisotopic (exact) mass is 237 g/mol. The first-order valence-electron chi connectivity index (χ1n) is 6.56. The fraction of sp³-hybridized carbons (Fsp3) is 0.786. The van der Waals surface area contributed by atoms with Crippen molar-refractivity contribution in [3.8, 4) is 0 Å². The molecule has 1 amide bonds. The summed E-state index contributed by atoms with van der Waals surface area (Å²) in [6.45, 7) is 7.87. The highest BCUT2D eigenvalue weighted by atomic mass is 16.6. The Bertz CT molecular complexity index is 325. The maximum atomic E-state index is 12.2. The van der Waals surface area contributed by atoms with Gasteiger partial charge in [0.15, 0.2) is 0 Å². The molecule has 2 heterocycles. The normalized spacial score (nSPS) is 28.2. The summed E-state index contributed by atoms with van der Waals surface area (Å²) in [5, 5.41) is 0. The molecule has 0 aromatic carbocycles. The number of piperidine rings is 1. The fourth-order valence-electron chi connectivity index (χ4n) is 2.90. The topological polar surface area (TPSA) is 29.5 Å². The van der Waals surface area contributed by atoms with Crippen LogP contribution < -0.4 is 0 Å². The van der Waals surface area contributed by atoms with Crippen LogP contribution in [0.25, 0.3) is 0 Å². The molecule has 2 rings (SSSR count). The van der Waals surface area contributed by atoms with Crippen molar-refractivity contribution >= 4 is 6.09 Å². The van der Waals surface area contributed by atoms with Gasteiger partial charge in [0.25, 0.3) is 0 Å². The lowest BCUT2D eigenvalue weighted by Gasteiger charge is -2.37. The zero-order valence-electron chi connectivity index (χ0n) is 11.3. The van der Waals surface area contributed by atoms with Crippen LogP contribution in [-0.2, 0) is 4.74 Å². The number of hydrogen-bond donors (Lipinski definition) is 0. The Kier molecular flexibility index (Phi) is 3.19. The van der Waals surface area contributed by atoms with E-state index in [1.165, 1.54) is 5.57 Å². The van der Waals surface area contributed by atoms with Gasteiger partial charge in [-0.05, 0) is 53.4 Å². The first kappa shape index (κ1) is 12.5. The Morgan fingerprint density at radius 3 is 2.24 bits per heavy atom. The van der Waals surface area contributed by atoms with Gasteiger partial charge in [-0.15, -0.1) is 0 Å². The van der Waals surface area contributed by atoms with Crippen LogP contribution >= 0.6 is 0 Å². The second-order valence-corrected chi connectivity index (χ2v) is 6.13. The van der Waals surface area contributed by atoms with Gasteiger partial charge < -0.3 is 9.64 Å². The van der Waals surface area contributed by atoms with Gasteiger partial charge in [0.05, 0.1) is 0 Å². The van der Waals surface area contributed by atoms with E-state index in [2.05, 4.69) is 13.0 Å². The van der Waals surface area contributed by atoms with E-state index in [0.29, 0.717) is 12.1 Å². The molecule has 0 N–H and O–H groups in total. The summed E-state index contributed by atoms with van der Waals surface area (Å²) < 4.78 is 5.49. The summed E-state index contributed by atoms with van der Waals surface area (Å²) >= 11 is 0. The van der Waals surface area contributed by atoms with Crippen molar-refractivity contribution in [2.24, 2.45) is 0 Å². The molecule has 17 heavy (non-hydrogen) atoms. The van der Waals surface area contributed by atoms with E-state index in [-0.39, 0.29) is 6.09 Å². The number of rotatable bonds is 0. The number of hydrogen-bond acceptors (Lipinski definition) is 2. The van der Waals surface area contributed by atoms with Crippen LogP contribution in [0.2, 0.25) is 0 Å². The molecule has 0 aromatic heterocycles. The van der Waals surface area contributed by atoms with E-state index in [0.717, 1.165) is 25.7 Å². The third-order valence-corrected chi connectivity index (χ3v) is 3.63. The SMILES string of the molecule is CC=C1CC2CCC(C1)N2C(=O)OC(C)(C)C. The minimum absolute atomic E-state index is 0.125. The lowest BCUT2D eigenvalue weighted by Crippen LogP contribution is -2.46. The standard InChI is InChI=1S/C14H23NO2/c1-5-10-8-11-6-7-12(9-10)15(11)13(16)17-14(2,3)4/h5,11-12H,6-9H2,1-4H3. The lowest BCUT2D eigenvalue weighted by atomic mass is 9.97. The van der Waals surface area contributed by atoms with Crippen molar-refractivity contribution in [2.45, 2.75) is 71.1 Å². The van der Waals surface area contributed by atoms with Crippen molar-refractivity contribution in [1.29, 1.82) is 0 Å². The molecule has 96 valence electrons. The molecule has 2 bridgehead atoms. The molecule has 0 spiro atoms. The highest BCUT2D eigenvalue weighted by molar-refractivity contribution is 5.70. The molecule has 0 aliphatic carbocycles. The van der Waals surface area contributed by atoms with E-state index in [4.69, 9.17) is 4.74 Å². The van der Waals surface area contributed by atoms with Gasteiger partial charge in [0, 0.05) is 12.1 Å². The van der Waals surface area contributed by atoms with Gasteiger partial charge in [-0.25, -0.2) is 4.79 Å². The fourth-order valence-corrected chi connectivity index (χ4v) is 2.90. The van der Waals surface area contributed by atoms with Crippen LogP contribution in [0.1, 0.15) is 53.4 Å². The van der Waals surface area contributed by atoms with Crippen LogP contribution in [0.3, 0.4) is 0 Å². The van der Waals surface area contributed by atoms with Crippen molar-refractivity contribution in [1.82, 2.24) is 4.90 Å². The van der Waals surface area contributed by atoms with Crippen molar-refractivity contribution < 1.29 is 9.53 Å². The minimum Gasteiger partial charge on any atom is -0.444 e. The average Bonchev–Trinajstić information content (AvgIpc) is 2.47. The molecule has 3 nitrogen and oxygen atoms in total. The van der Waals surface area contributed by atoms with Crippen LogP contribution in [0.15, 0.2) is 11.6 Å². The highest BCUT2D eigenvalue weighted by Crippen LogP contribution is 2.39. The van der Waals surface area contributed by atoms with Crippen molar-refractivity contribution in [2.75, 3.05) is 0 Å². The minimum atomic E-state index is -0.391. The van der Waals surface area contributed by atoms with Gasteiger partial charge in [-0.3, -0.25) is 0 Å². The maximum Gasteiger partial charge on any atom is 0.410 e. The Hall–Kier alpha value is -0.990. The van der Waals surface area contributed by atoms with Crippen LogP contribution in [-0.4, -0.2) is 28.7 Å². The third-order valence-electron chi connectivity index (χ3n) is 3.63. The molecule has 2 aliphatic rings. The zero-order valence-corrected chi connectivity index (χ0v) is 11.3. The number of carbonyl (C=O) groups is 1. The molecule has 2 unspecified atom stereocenters. The number of ether oxygens (including phenoxy) is 1. The summed E-state index contributed by atoms with van der Waals surface area (Å²) in [5.41, 5.74) is 1.11. The molecule has 0 saturated carbocycles. The Labute approximate surface area is 104 Å². The Balaban J connectivity index is 2.06. The second-order valence-electron chi connectivity index (χ2n) is 6.13. The first-order valence-corrected chi connectivity index (χ1v) is 6.56. The molecule has 0 aromatic rings. The van der Waals surface area contributed by atoms with Crippen LogP contribution in [0.5, 0.6) is 0 Å². The molecule has 2 saturated heterocycles. The van der Waals surface area contributed by atoms with E-state index in [1.807, 2.05) is 25.7 Å². The number of amides is 1. The van der Waals surface area contributed by atoms with Gasteiger partial charge in [-0.1, -0.05) is 11.6 Å². The smallest absolute Gasteiger partial charge is 0.410 e. The molecule has 0 radical (unpaired) electrons. The summed E-state index contributed by atoms with van der Waals surface area (Å²) in [5.74, 6) is 0. The Morgan fingerprint density at radius 1 is 1.29 bits per heavy atom. The molecular formula is C14H23NO2. The molecule has 2 fully saturated rings. The van der Waals surface area contributed by atoms with Crippen molar-refractivity contribution in [3.63, 3.8) is 0 Å². The van der Waals surface area contributed by atoms with Gasteiger partial charge in [0.2, 0.25) is 0 Å². The predicted molar refractivity (Wildman–Crippen MR) is 67.9 cm³/mol. The van der Waals surface area contributed by atoms with Crippen LogP contribution in [0.4, 0.5) is 4.79 Å². The van der Waals surface area contributed by atoms with E-state index in [1.54, 1.807) is 0 Å². The van der Waals surface area contributed by atoms with Gasteiger partial charge >= 0.3 is 6.09 Å². The number of fused-ring (bicyclic) bond motifs is 2. The largest absolute Gasteiger partial charge is 0.444 e. The van der Waals surface area contributed by atoms with E-state index < -0.39 is 5.60 Å². The van der Waals surface area contributed by atoms with Crippen molar-refractivity contribution in [3.05, 3.63) is 11.6 Å². The van der Waals surface area contributed by atoms with E-state index >= 15 is 0 Å². The summed E-state index contributed by atoms with van der Waals surface area (Å²) in [6, 6.07) is 0.740.